The highest BCUT2D eigenvalue weighted by Gasteiger charge is 2.08. The first-order valence-corrected chi connectivity index (χ1v) is 10.2. The summed E-state index contributed by atoms with van der Waals surface area (Å²) >= 11 is 1.65. The second-order valence-electron chi connectivity index (χ2n) is 6.58. The molecule has 0 aliphatic heterocycles. The molecule has 0 aliphatic rings. The largest absolute Gasteiger partial charge is 0.489 e. The molecule has 2 aromatic carbocycles. The molecule has 2 aromatic heterocycles. The van der Waals surface area contributed by atoms with Gasteiger partial charge in [0.1, 0.15) is 12.4 Å². The molecule has 0 saturated carbocycles. The van der Waals surface area contributed by atoms with Gasteiger partial charge in [0.2, 0.25) is 0 Å². The number of ether oxygens (including phenoxy) is 1. The van der Waals surface area contributed by atoms with Crippen molar-refractivity contribution in [2.75, 3.05) is 0 Å². The predicted octanol–water partition coefficient (Wildman–Crippen LogP) is 5.32. The summed E-state index contributed by atoms with van der Waals surface area (Å²) in [6, 6.07) is 21.3. The van der Waals surface area contributed by atoms with Crippen molar-refractivity contribution in [2.24, 2.45) is 0 Å². The molecule has 5 heteroatoms. The molecule has 4 nitrogen and oxygen atoms in total. The molecule has 29 heavy (non-hydrogen) atoms. The Morgan fingerprint density at radius 3 is 2.66 bits per heavy atom. The smallest absolute Gasteiger partial charge is 0.251 e. The summed E-state index contributed by atoms with van der Waals surface area (Å²) in [5.41, 5.74) is 4.80. The van der Waals surface area contributed by atoms with Gasteiger partial charge in [0.25, 0.3) is 5.91 Å². The van der Waals surface area contributed by atoms with E-state index in [4.69, 9.17) is 4.74 Å². The van der Waals surface area contributed by atoms with E-state index in [0.29, 0.717) is 24.5 Å². The molecule has 4 rings (SSSR count). The van der Waals surface area contributed by atoms with E-state index in [9.17, 15) is 4.79 Å². The number of pyridine rings is 1. The van der Waals surface area contributed by atoms with E-state index < -0.39 is 0 Å². The first-order chi connectivity index (χ1) is 14.3. The molecule has 0 spiro atoms. The summed E-state index contributed by atoms with van der Waals surface area (Å²) in [6.45, 7) is 0.881. The topological polar surface area (TPSA) is 51.2 Å². The molecule has 0 unspecified atom stereocenters. The second-order valence-corrected chi connectivity index (χ2v) is 7.36. The van der Waals surface area contributed by atoms with Crippen LogP contribution in [0.15, 0.2) is 89.9 Å². The predicted molar refractivity (Wildman–Crippen MR) is 116 cm³/mol. The quantitative estimate of drug-likeness (QED) is 0.457. The van der Waals surface area contributed by atoms with Crippen LogP contribution in [0.4, 0.5) is 0 Å². The highest BCUT2D eigenvalue weighted by atomic mass is 32.1. The lowest BCUT2D eigenvalue weighted by Gasteiger charge is -2.09. The van der Waals surface area contributed by atoms with Gasteiger partial charge >= 0.3 is 0 Å². The van der Waals surface area contributed by atoms with Crippen molar-refractivity contribution < 1.29 is 9.53 Å². The molecule has 0 atom stereocenters. The number of nitrogens with one attached hydrogen (secondary N) is 1. The third-order valence-corrected chi connectivity index (χ3v) is 5.13. The standard InChI is InChI=1S/C24H20N2O2S/c27-24(26-14-19-11-22(15-25-13-19)21-9-10-29-17-21)20-7-4-8-23(12-20)28-16-18-5-2-1-3-6-18/h1-13,15,17H,14,16H2,(H,26,27). The van der Waals surface area contributed by atoms with Crippen LogP contribution in [0.3, 0.4) is 0 Å². The molecule has 0 bridgehead atoms. The highest BCUT2D eigenvalue weighted by molar-refractivity contribution is 7.08. The van der Waals surface area contributed by atoms with Crippen molar-refractivity contribution in [3.8, 4) is 16.9 Å². The lowest BCUT2D eigenvalue weighted by Crippen LogP contribution is -2.22. The summed E-state index contributed by atoms with van der Waals surface area (Å²) < 4.78 is 5.81. The average molecular weight is 401 g/mol. The monoisotopic (exact) mass is 400 g/mol. The van der Waals surface area contributed by atoms with Crippen LogP contribution in [-0.2, 0) is 13.2 Å². The van der Waals surface area contributed by atoms with Crippen molar-refractivity contribution in [3.63, 3.8) is 0 Å². The van der Waals surface area contributed by atoms with Gasteiger partial charge in [-0.15, -0.1) is 0 Å². The fourth-order valence-electron chi connectivity index (χ4n) is 2.92. The van der Waals surface area contributed by atoms with Crippen LogP contribution in [0.2, 0.25) is 0 Å². The zero-order chi connectivity index (χ0) is 19.9. The number of nitrogens with zero attached hydrogens (tertiary/aromatic N) is 1. The van der Waals surface area contributed by atoms with E-state index in [-0.39, 0.29) is 5.91 Å². The van der Waals surface area contributed by atoms with Crippen LogP contribution in [0.25, 0.3) is 11.1 Å². The van der Waals surface area contributed by atoms with Crippen molar-refractivity contribution in [1.82, 2.24) is 10.3 Å². The van der Waals surface area contributed by atoms with Gasteiger partial charge in [-0.3, -0.25) is 9.78 Å². The molecule has 2 heterocycles. The van der Waals surface area contributed by atoms with Crippen molar-refractivity contribution in [1.29, 1.82) is 0 Å². The Bertz CT molecular complexity index is 1080. The Balaban J connectivity index is 1.37. The SMILES string of the molecule is O=C(NCc1cncc(-c2ccsc2)c1)c1cccc(OCc2ccccc2)c1. The molecular formula is C24H20N2O2S. The zero-order valence-electron chi connectivity index (χ0n) is 15.7. The number of thiophene rings is 1. The molecule has 0 radical (unpaired) electrons. The number of amides is 1. The normalized spacial score (nSPS) is 10.5. The van der Waals surface area contributed by atoms with Crippen LogP contribution in [0, 0.1) is 0 Å². The van der Waals surface area contributed by atoms with Crippen LogP contribution < -0.4 is 10.1 Å². The van der Waals surface area contributed by atoms with Crippen LogP contribution >= 0.6 is 11.3 Å². The number of rotatable bonds is 7. The molecule has 0 saturated heterocycles. The minimum Gasteiger partial charge on any atom is -0.489 e. The van der Waals surface area contributed by atoms with Gasteiger partial charge in [-0.25, -0.2) is 0 Å². The molecular weight excluding hydrogens is 380 g/mol. The van der Waals surface area contributed by atoms with E-state index in [1.807, 2.05) is 54.0 Å². The fourth-order valence-corrected chi connectivity index (χ4v) is 3.59. The average Bonchev–Trinajstić information content (AvgIpc) is 3.32. The summed E-state index contributed by atoms with van der Waals surface area (Å²) in [5.74, 6) is 0.527. The van der Waals surface area contributed by atoms with E-state index >= 15 is 0 Å². The minimum atomic E-state index is -0.143. The van der Waals surface area contributed by atoms with Crippen LogP contribution in [0.5, 0.6) is 5.75 Å². The summed E-state index contributed by atoms with van der Waals surface area (Å²) in [6.07, 6.45) is 3.61. The third kappa shape index (κ3) is 5.09. The maximum Gasteiger partial charge on any atom is 0.251 e. The Kier molecular flexibility index (Phi) is 5.98. The van der Waals surface area contributed by atoms with Gasteiger partial charge in [-0.2, -0.15) is 11.3 Å². The zero-order valence-corrected chi connectivity index (χ0v) is 16.6. The van der Waals surface area contributed by atoms with Crippen molar-refractivity contribution >= 4 is 17.2 Å². The molecule has 0 fully saturated rings. The highest BCUT2D eigenvalue weighted by Crippen LogP contribution is 2.22. The number of aromatic nitrogens is 1. The lowest BCUT2D eigenvalue weighted by molar-refractivity contribution is 0.0950. The third-order valence-electron chi connectivity index (χ3n) is 4.45. The van der Waals surface area contributed by atoms with Gasteiger partial charge in [0.05, 0.1) is 0 Å². The van der Waals surface area contributed by atoms with Gasteiger partial charge in [0.15, 0.2) is 0 Å². The Morgan fingerprint density at radius 1 is 0.931 bits per heavy atom. The molecule has 144 valence electrons. The van der Waals surface area contributed by atoms with Crippen molar-refractivity contribution in [3.05, 3.63) is 107 Å². The van der Waals surface area contributed by atoms with Crippen LogP contribution in [0.1, 0.15) is 21.5 Å². The molecule has 1 N–H and O–H groups in total. The molecule has 1 amide bonds. The van der Waals surface area contributed by atoms with Gasteiger partial charge in [0, 0.05) is 30.1 Å². The number of hydrogen-bond acceptors (Lipinski definition) is 4. The van der Waals surface area contributed by atoms with Gasteiger partial charge in [-0.1, -0.05) is 36.4 Å². The van der Waals surface area contributed by atoms with E-state index in [2.05, 4.69) is 27.8 Å². The fraction of sp³-hybridized carbons (Fsp3) is 0.0833. The first kappa shape index (κ1) is 18.9. The maximum absolute atomic E-state index is 12.6. The maximum atomic E-state index is 12.6. The van der Waals surface area contributed by atoms with Gasteiger partial charge < -0.3 is 10.1 Å². The van der Waals surface area contributed by atoms with E-state index in [1.165, 1.54) is 0 Å². The van der Waals surface area contributed by atoms with E-state index in [1.54, 1.807) is 29.7 Å². The van der Waals surface area contributed by atoms with Gasteiger partial charge in [-0.05, 0) is 57.8 Å². The number of hydrogen-bond donors (Lipinski definition) is 1. The Labute approximate surface area is 173 Å². The second kappa shape index (κ2) is 9.17. The summed E-state index contributed by atoms with van der Waals surface area (Å²) in [5, 5.41) is 7.08. The number of carbonyl (C=O) groups is 1. The summed E-state index contributed by atoms with van der Waals surface area (Å²) in [4.78, 5) is 16.9. The number of benzene rings is 2. The first-order valence-electron chi connectivity index (χ1n) is 9.29. The van der Waals surface area contributed by atoms with Crippen molar-refractivity contribution in [2.45, 2.75) is 13.2 Å². The number of carbonyl (C=O) groups excluding carboxylic acids is 1. The molecule has 0 aliphatic carbocycles. The van der Waals surface area contributed by atoms with Crippen LogP contribution in [-0.4, -0.2) is 10.9 Å². The minimum absolute atomic E-state index is 0.143. The lowest BCUT2D eigenvalue weighted by atomic mass is 10.1. The summed E-state index contributed by atoms with van der Waals surface area (Å²) in [7, 11) is 0. The van der Waals surface area contributed by atoms with E-state index in [0.717, 1.165) is 22.3 Å². The molecule has 4 aromatic rings. The Hall–Kier alpha value is -3.44. The Morgan fingerprint density at radius 2 is 1.83 bits per heavy atom.